The number of aromatic nitrogens is 3. The summed E-state index contributed by atoms with van der Waals surface area (Å²) in [4.78, 5) is 38.4. The SMILES string of the molecule is COC(=O)c1cc2nc(C)cc(-c3cc(Cl)ccc3OCCn3c(C)nc4c(c3=O)CC3(CC4)CCN(C)CC3)c2s1. The molecule has 1 fully saturated rings. The molecule has 1 aliphatic carbocycles. The molecule has 0 radical (unpaired) electrons. The molecular formula is C32H35ClN4O4S. The number of thiophene rings is 1. The van der Waals surface area contributed by atoms with Gasteiger partial charge in [0, 0.05) is 27.4 Å². The molecule has 2 aliphatic rings. The van der Waals surface area contributed by atoms with Crippen molar-refractivity contribution in [2.75, 3.05) is 33.9 Å². The highest BCUT2D eigenvalue weighted by molar-refractivity contribution is 7.21. The number of hydrogen-bond donors (Lipinski definition) is 0. The Bertz CT molecular complexity index is 1740. The van der Waals surface area contributed by atoms with Gasteiger partial charge < -0.3 is 14.4 Å². The van der Waals surface area contributed by atoms with E-state index in [0.29, 0.717) is 27.7 Å². The van der Waals surface area contributed by atoms with Crippen molar-refractivity contribution < 1.29 is 14.3 Å². The average molecular weight is 607 g/mol. The zero-order valence-corrected chi connectivity index (χ0v) is 26.0. The molecule has 4 aromatic rings. The molecule has 0 atom stereocenters. The molecule has 1 aliphatic heterocycles. The van der Waals surface area contributed by atoms with Gasteiger partial charge in [-0.2, -0.15) is 0 Å². The summed E-state index contributed by atoms with van der Waals surface area (Å²) >= 11 is 7.78. The van der Waals surface area contributed by atoms with E-state index in [9.17, 15) is 9.59 Å². The van der Waals surface area contributed by atoms with E-state index in [1.807, 2.05) is 32.0 Å². The largest absolute Gasteiger partial charge is 0.491 e. The lowest BCUT2D eigenvalue weighted by atomic mass is 9.67. The maximum atomic E-state index is 13.8. The van der Waals surface area contributed by atoms with Gasteiger partial charge in [0.1, 0.15) is 23.1 Å². The molecule has 1 saturated heterocycles. The number of methoxy groups -OCH3 is 1. The molecule has 0 saturated carbocycles. The minimum absolute atomic E-state index is 0.0656. The van der Waals surface area contributed by atoms with Gasteiger partial charge in [-0.1, -0.05) is 11.6 Å². The third-order valence-electron chi connectivity index (χ3n) is 8.83. The van der Waals surface area contributed by atoms with Crippen molar-refractivity contribution in [3.63, 3.8) is 0 Å². The van der Waals surface area contributed by atoms with Gasteiger partial charge in [-0.15, -0.1) is 11.3 Å². The van der Waals surface area contributed by atoms with Crippen molar-refractivity contribution in [2.24, 2.45) is 5.41 Å². The van der Waals surface area contributed by atoms with Crippen LogP contribution in [0.5, 0.6) is 5.75 Å². The molecule has 8 nitrogen and oxygen atoms in total. The Morgan fingerprint density at radius 3 is 2.64 bits per heavy atom. The number of benzene rings is 1. The van der Waals surface area contributed by atoms with Crippen LogP contribution < -0.4 is 10.3 Å². The molecule has 42 heavy (non-hydrogen) atoms. The first kappa shape index (κ1) is 28.8. The number of piperidine rings is 1. The summed E-state index contributed by atoms with van der Waals surface area (Å²) in [5, 5.41) is 0.568. The molecule has 1 spiro atoms. The standard InChI is InChI=1S/C32H35ClN4O4S/c1-19-15-23(29-26(34-19)17-28(42-29)31(39)40-4)22-16-21(33)5-6-27(22)41-14-13-37-20(2)35-25-7-8-32(18-24(25)30(37)38)9-11-36(3)12-10-32/h5-6,15-17H,7-14,18H2,1-4H3. The van der Waals surface area contributed by atoms with Crippen molar-refractivity contribution in [2.45, 2.75) is 52.5 Å². The second kappa shape index (κ2) is 11.4. The van der Waals surface area contributed by atoms with E-state index in [4.69, 9.17) is 26.1 Å². The van der Waals surface area contributed by atoms with E-state index in [-0.39, 0.29) is 17.6 Å². The number of pyridine rings is 1. The van der Waals surface area contributed by atoms with Crippen LogP contribution in [0, 0.1) is 19.3 Å². The first-order chi connectivity index (χ1) is 20.2. The van der Waals surface area contributed by atoms with E-state index in [1.54, 1.807) is 16.7 Å². The van der Waals surface area contributed by atoms with Gasteiger partial charge in [-0.05, 0) is 102 Å². The van der Waals surface area contributed by atoms with Gasteiger partial charge >= 0.3 is 5.97 Å². The fourth-order valence-corrected chi connectivity index (χ4v) is 7.63. The molecular weight excluding hydrogens is 572 g/mol. The Morgan fingerprint density at radius 1 is 1.10 bits per heavy atom. The van der Waals surface area contributed by atoms with Gasteiger partial charge in [0.15, 0.2) is 0 Å². The van der Waals surface area contributed by atoms with Crippen LogP contribution in [0.3, 0.4) is 0 Å². The van der Waals surface area contributed by atoms with E-state index in [1.165, 1.54) is 18.4 Å². The third-order valence-corrected chi connectivity index (χ3v) is 10.2. The summed E-state index contributed by atoms with van der Waals surface area (Å²) in [6.07, 6.45) is 5.06. The number of halogens is 1. The van der Waals surface area contributed by atoms with Crippen LogP contribution in [0.2, 0.25) is 5.02 Å². The minimum atomic E-state index is -0.398. The number of hydrogen-bond acceptors (Lipinski definition) is 8. The van der Waals surface area contributed by atoms with Crippen LogP contribution in [-0.2, 0) is 24.1 Å². The van der Waals surface area contributed by atoms with Crippen LogP contribution in [0.15, 0.2) is 35.1 Å². The molecule has 10 heteroatoms. The Balaban J connectivity index is 1.27. The number of nitrogens with zero attached hydrogens (tertiary/aromatic N) is 4. The Labute approximate surface area is 254 Å². The number of carbonyl (C=O) groups is 1. The maximum absolute atomic E-state index is 13.8. The predicted octanol–water partition coefficient (Wildman–Crippen LogP) is 5.86. The molecule has 1 aromatic carbocycles. The normalized spacial score (nSPS) is 16.5. The highest BCUT2D eigenvalue weighted by Gasteiger charge is 2.38. The average Bonchev–Trinajstić information content (AvgIpc) is 3.41. The van der Waals surface area contributed by atoms with Crippen molar-refractivity contribution in [1.82, 2.24) is 19.4 Å². The molecule has 0 N–H and O–H groups in total. The molecule has 0 bridgehead atoms. The minimum Gasteiger partial charge on any atom is -0.491 e. The molecule has 6 rings (SSSR count). The fourth-order valence-electron chi connectivity index (χ4n) is 6.41. The second-order valence-electron chi connectivity index (χ2n) is 11.6. The number of fused-ring (bicyclic) bond motifs is 2. The molecule has 3 aromatic heterocycles. The summed E-state index contributed by atoms with van der Waals surface area (Å²) < 4.78 is 13.9. The van der Waals surface area contributed by atoms with Gasteiger partial charge in [-0.25, -0.2) is 9.78 Å². The Morgan fingerprint density at radius 2 is 1.88 bits per heavy atom. The monoisotopic (exact) mass is 606 g/mol. The summed E-state index contributed by atoms with van der Waals surface area (Å²) in [6, 6.07) is 9.22. The first-order valence-electron chi connectivity index (χ1n) is 14.4. The fraction of sp³-hybridized carbons (Fsp3) is 0.438. The topological polar surface area (TPSA) is 86.5 Å². The number of carbonyl (C=O) groups excluding carboxylic acids is 1. The lowest BCUT2D eigenvalue weighted by Crippen LogP contribution is -2.44. The smallest absolute Gasteiger partial charge is 0.348 e. The molecule has 0 amide bonds. The van der Waals surface area contributed by atoms with Crippen LogP contribution >= 0.6 is 22.9 Å². The molecule has 0 unspecified atom stereocenters. The quantitative estimate of drug-likeness (QED) is 0.254. The van der Waals surface area contributed by atoms with Crippen LogP contribution in [-0.4, -0.2) is 59.3 Å². The third kappa shape index (κ3) is 5.45. The van der Waals surface area contributed by atoms with Crippen molar-refractivity contribution >= 4 is 39.1 Å². The number of aryl methyl sites for hydroxylation is 3. The van der Waals surface area contributed by atoms with E-state index >= 15 is 0 Å². The lowest BCUT2D eigenvalue weighted by molar-refractivity contribution is 0.0606. The maximum Gasteiger partial charge on any atom is 0.348 e. The highest BCUT2D eigenvalue weighted by Crippen LogP contribution is 2.43. The first-order valence-corrected chi connectivity index (χ1v) is 15.6. The summed E-state index contributed by atoms with van der Waals surface area (Å²) in [5.41, 5.74) is 5.33. The second-order valence-corrected chi connectivity index (χ2v) is 13.1. The molecule has 220 valence electrons. The van der Waals surface area contributed by atoms with E-state index in [2.05, 4.69) is 16.9 Å². The number of esters is 1. The lowest BCUT2D eigenvalue weighted by Gasteiger charge is -2.43. The van der Waals surface area contributed by atoms with Gasteiger partial charge in [0.2, 0.25) is 0 Å². The van der Waals surface area contributed by atoms with Gasteiger partial charge in [-0.3, -0.25) is 14.3 Å². The number of ether oxygens (including phenoxy) is 2. The zero-order valence-electron chi connectivity index (χ0n) is 24.5. The number of rotatable bonds is 6. The van der Waals surface area contributed by atoms with Crippen molar-refractivity contribution in [1.29, 1.82) is 0 Å². The summed E-state index contributed by atoms with van der Waals surface area (Å²) in [5.74, 6) is 0.963. The van der Waals surface area contributed by atoms with E-state index < -0.39 is 5.97 Å². The predicted molar refractivity (Wildman–Crippen MR) is 166 cm³/mol. The van der Waals surface area contributed by atoms with Gasteiger partial charge in [0.05, 0.1) is 29.6 Å². The Hall–Kier alpha value is -3.27. The number of likely N-dealkylation sites (tertiary alicyclic amines) is 1. The van der Waals surface area contributed by atoms with Crippen LogP contribution in [0.25, 0.3) is 21.3 Å². The summed E-state index contributed by atoms with van der Waals surface area (Å²) in [6.45, 7) is 6.66. The Kier molecular flexibility index (Phi) is 7.85. The van der Waals surface area contributed by atoms with Crippen LogP contribution in [0.4, 0.5) is 0 Å². The van der Waals surface area contributed by atoms with Crippen molar-refractivity contribution in [3.8, 4) is 16.9 Å². The highest BCUT2D eigenvalue weighted by atomic mass is 35.5. The van der Waals surface area contributed by atoms with Gasteiger partial charge in [0.25, 0.3) is 5.56 Å². The summed E-state index contributed by atoms with van der Waals surface area (Å²) in [7, 11) is 3.54. The molecule has 4 heterocycles. The zero-order chi connectivity index (χ0) is 29.6. The van der Waals surface area contributed by atoms with Crippen molar-refractivity contribution in [3.05, 3.63) is 73.4 Å². The van der Waals surface area contributed by atoms with Crippen LogP contribution in [0.1, 0.15) is 51.7 Å². The van der Waals surface area contributed by atoms with E-state index in [0.717, 1.165) is 83.8 Å².